The first-order valence-electron chi connectivity index (χ1n) is 17.5. The van der Waals surface area contributed by atoms with Crippen molar-refractivity contribution in [1.82, 2.24) is 0 Å². The van der Waals surface area contributed by atoms with Crippen LogP contribution in [-0.4, -0.2) is 109 Å². The predicted molar refractivity (Wildman–Crippen MR) is 181 cm³/mol. The number of rotatable bonds is 16. The fourth-order valence-electron chi connectivity index (χ4n) is 6.83. The van der Waals surface area contributed by atoms with Crippen molar-refractivity contribution < 1.29 is 77.7 Å². The monoisotopic (exact) mass is 755 g/mol. The molecule has 54 heavy (non-hydrogen) atoms. The molecule has 3 aromatic rings. The summed E-state index contributed by atoms with van der Waals surface area (Å²) in [5.41, 5.74) is 8.90. The van der Waals surface area contributed by atoms with E-state index < -0.39 is 61.8 Å². The zero-order valence-electron chi connectivity index (χ0n) is 29.0. The van der Waals surface area contributed by atoms with Crippen molar-refractivity contribution in [1.29, 1.82) is 0 Å². The molecule has 0 bridgehead atoms. The SMILES string of the molecule is NCCOC1OC(COC(=O)CC(=O)O)C(OCCCO)C(O)C1OOc1cc(Cc2ccc(O)cc2)c2c(c1)C1Oc3cc4c(cc3C1CO2)OCO4. The highest BCUT2D eigenvalue weighted by Crippen LogP contribution is 2.55. The summed E-state index contributed by atoms with van der Waals surface area (Å²) in [6, 6.07) is 13.9. The van der Waals surface area contributed by atoms with Crippen LogP contribution in [0.1, 0.15) is 47.1 Å². The molecule has 0 aliphatic carbocycles. The molecule has 0 spiro atoms. The van der Waals surface area contributed by atoms with Crippen molar-refractivity contribution in [2.45, 2.75) is 62.0 Å². The predicted octanol–water partition coefficient (Wildman–Crippen LogP) is 1.85. The lowest BCUT2D eigenvalue weighted by atomic mass is 9.87. The van der Waals surface area contributed by atoms with E-state index in [1.54, 1.807) is 36.4 Å². The third kappa shape index (κ3) is 8.12. The molecule has 6 N–H and O–H groups in total. The number of ether oxygens (including phenoxy) is 8. The highest BCUT2D eigenvalue weighted by Gasteiger charge is 2.49. The molecule has 1 fully saturated rings. The second-order valence-electron chi connectivity index (χ2n) is 13.0. The third-order valence-corrected chi connectivity index (χ3v) is 9.33. The highest BCUT2D eigenvalue weighted by molar-refractivity contribution is 5.90. The summed E-state index contributed by atoms with van der Waals surface area (Å²) in [7, 11) is 0. The maximum absolute atomic E-state index is 12.0. The Morgan fingerprint density at radius 1 is 0.926 bits per heavy atom. The first kappa shape index (κ1) is 37.4. The third-order valence-electron chi connectivity index (χ3n) is 9.33. The van der Waals surface area contributed by atoms with Gasteiger partial charge in [0.25, 0.3) is 0 Å². The number of benzene rings is 3. The van der Waals surface area contributed by atoms with Crippen LogP contribution in [0.25, 0.3) is 0 Å². The minimum atomic E-state index is -1.50. The molecule has 4 aliphatic heterocycles. The topological polar surface area (TPSA) is 233 Å². The Labute approximate surface area is 308 Å². The van der Waals surface area contributed by atoms with Crippen LogP contribution in [0, 0.1) is 0 Å². The number of aromatic hydroxyl groups is 1. The van der Waals surface area contributed by atoms with Gasteiger partial charge in [0.15, 0.2) is 29.6 Å². The molecule has 1 saturated heterocycles. The van der Waals surface area contributed by atoms with Crippen molar-refractivity contribution in [3.8, 4) is 34.5 Å². The zero-order valence-corrected chi connectivity index (χ0v) is 29.0. The van der Waals surface area contributed by atoms with Gasteiger partial charge >= 0.3 is 11.9 Å². The van der Waals surface area contributed by atoms with Crippen LogP contribution in [0.4, 0.5) is 0 Å². The second kappa shape index (κ2) is 16.6. The van der Waals surface area contributed by atoms with Crippen LogP contribution in [0.2, 0.25) is 0 Å². The number of hydrogen-bond donors (Lipinski definition) is 5. The summed E-state index contributed by atoms with van der Waals surface area (Å²) in [5, 5.41) is 39.8. The van der Waals surface area contributed by atoms with E-state index in [0.29, 0.717) is 41.6 Å². The molecule has 7 rings (SSSR count). The van der Waals surface area contributed by atoms with Crippen molar-refractivity contribution in [2.75, 3.05) is 46.4 Å². The molecule has 290 valence electrons. The van der Waals surface area contributed by atoms with E-state index in [0.717, 1.165) is 16.7 Å². The quantitative estimate of drug-likeness (QED) is 0.0461. The lowest BCUT2D eigenvalue weighted by Crippen LogP contribution is -2.61. The van der Waals surface area contributed by atoms with Gasteiger partial charge in [0.2, 0.25) is 6.79 Å². The second-order valence-corrected chi connectivity index (χ2v) is 13.0. The van der Waals surface area contributed by atoms with E-state index in [-0.39, 0.29) is 57.0 Å². The van der Waals surface area contributed by atoms with E-state index in [1.807, 2.05) is 12.1 Å². The van der Waals surface area contributed by atoms with Crippen molar-refractivity contribution >= 4 is 11.9 Å². The number of carbonyl (C=O) groups is 2. The van der Waals surface area contributed by atoms with Crippen molar-refractivity contribution in [3.05, 3.63) is 70.8 Å². The first-order chi connectivity index (χ1) is 26.2. The molecule has 3 aromatic carbocycles. The number of fused-ring (bicyclic) bond motifs is 6. The van der Waals surface area contributed by atoms with Crippen LogP contribution in [0.3, 0.4) is 0 Å². The average Bonchev–Trinajstić information content (AvgIpc) is 3.77. The zero-order chi connectivity index (χ0) is 37.8. The van der Waals surface area contributed by atoms with Gasteiger partial charge < -0.3 is 68.9 Å². The lowest BCUT2D eigenvalue weighted by molar-refractivity contribution is -0.375. The maximum atomic E-state index is 12.0. The fourth-order valence-corrected chi connectivity index (χ4v) is 6.83. The Balaban J connectivity index is 1.16. The first-order valence-corrected chi connectivity index (χ1v) is 17.5. The van der Waals surface area contributed by atoms with Crippen LogP contribution >= 0.6 is 0 Å². The largest absolute Gasteiger partial charge is 0.508 e. The number of carbonyl (C=O) groups excluding carboxylic acids is 1. The van der Waals surface area contributed by atoms with Crippen LogP contribution < -0.4 is 29.6 Å². The van der Waals surface area contributed by atoms with Gasteiger partial charge in [-0.25, -0.2) is 0 Å². The molecule has 17 nitrogen and oxygen atoms in total. The van der Waals surface area contributed by atoms with Gasteiger partial charge in [0.1, 0.15) is 54.7 Å². The Morgan fingerprint density at radius 2 is 1.72 bits per heavy atom. The van der Waals surface area contributed by atoms with Gasteiger partial charge in [-0.1, -0.05) is 12.1 Å². The smallest absolute Gasteiger partial charge is 0.317 e. The van der Waals surface area contributed by atoms with E-state index in [4.69, 9.17) is 58.5 Å². The van der Waals surface area contributed by atoms with E-state index >= 15 is 0 Å². The van der Waals surface area contributed by atoms with Gasteiger partial charge in [-0.2, -0.15) is 4.89 Å². The number of aliphatic hydroxyl groups excluding tert-OH is 2. The number of nitrogens with two attached hydrogens (primary N) is 1. The van der Waals surface area contributed by atoms with E-state index in [1.165, 1.54) is 0 Å². The Hall–Kier alpha value is -4.88. The molecule has 4 aliphatic rings. The molecule has 0 radical (unpaired) electrons. The molecule has 0 saturated carbocycles. The van der Waals surface area contributed by atoms with Crippen molar-refractivity contribution in [3.63, 3.8) is 0 Å². The summed E-state index contributed by atoms with van der Waals surface area (Å²) in [6.45, 7) is -0.117. The van der Waals surface area contributed by atoms with Gasteiger partial charge in [-0.05, 0) is 42.3 Å². The van der Waals surface area contributed by atoms with Crippen LogP contribution in [0.15, 0.2) is 48.5 Å². The summed E-state index contributed by atoms with van der Waals surface area (Å²) in [4.78, 5) is 34.9. The lowest BCUT2D eigenvalue weighted by Gasteiger charge is -2.42. The number of hydrogen-bond acceptors (Lipinski definition) is 16. The van der Waals surface area contributed by atoms with Gasteiger partial charge in [-0.3, -0.25) is 9.59 Å². The van der Waals surface area contributed by atoms with Gasteiger partial charge in [0, 0.05) is 48.9 Å². The van der Waals surface area contributed by atoms with E-state index in [2.05, 4.69) is 0 Å². The fraction of sp³-hybridized carbons (Fsp3) is 0.459. The number of esters is 1. The molecule has 17 heteroatoms. The van der Waals surface area contributed by atoms with E-state index in [9.17, 15) is 24.9 Å². The Bertz CT molecular complexity index is 1800. The molecule has 0 aromatic heterocycles. The number of phenolic OH excluding ortho intramolecular Hbond substituents is 1. The maximum Gasteiger partial charge on any atom is 0.317 e. The van der Waals surface area contributed by atoms with Gasteiger partial charge in [-0.15, -0.1) is 0 Å². The number of carboxylic acids is 1. The minimum Gasteiger partial charge on any atom is -0.508 e. The highest BCUT2D eigenvalue weighted by atomic mass is 17.2. The Kier molecular flexibility index (Phi) is 11.5. The molecule has 7 unspecified atom stereocenters. The summed E-state index contributed by atoms with van der Waals surface area (Å²) >= 11 is 0. The molecular weight excluding hydrogens is 714 g/mol. The molecular formula is C37H41NO16. The van der Waals surface area contributed by atoms with Crippen molar-refractivity contribution in [2.24, 2.45) is 5.73 Å². The summed E-state index contributed by atoms with van der Waals surface area (Å²) < 4.78 is 46.9. The number of carboxylic acid groups (broad SMARTS) is 1. The normalized spacial score (nSPS) is 24.8. The minimum absolute atomic E-state index is 0.000678. The average molecular weight is 756 g/mol. The standard InChI is InChI=1S/C37H41NO16/c38-6-9-46-37-36(32(44)35(45-8-1-7-39)29(52-37)17-47-31(43)15-30(41)42)54-53-22-11-20(10-19-2-4-21(40)5-3-19)33-24(12-22)34-25(16-48-33)23-13-27-28(50-18-49-27)14-26(23)51-34/h2-5,11-14,25,29,32,34-37,39-40,44H,1,6-10,15-18,38H2,(H,41,42). The molecule has 4 heterocycles. The van der Waals surface area contributed by atoms with Crippen LogP contribution in [-0.2, 0) is 39.8 Å². The number of phenols is 1. The molecule has 7 atom stereocenters. The summed E-state index contributed by atoms with van der Waals surface area (Å²) in [6.07, 6.45) is -7.15. The molecule has 0 amide bonds. The van der Waals surface area contributed by atoms with Gasteiger partial charge in [0.05, 0.1) is 19.1 Å². The number of aliphatic carboxylic acids is 1. The Morgan fingerprint density at radius 3 is 2.48 bits per heavy atom. The summed E-state index contributed by atoms with van der Waals surface area (Å²) in [5.74, 6) is 0.250. The van der Waals surface area contributed by atoms with Crippen LogP contribution in [0.5, 0.6) is 34.5 Å². The number of aliphatic hydroxyl groups is 2.